The first-order valence-corrected chi connectivity index (χ1v) is 5.98. The molecular formula is C11H7N3O3S. The van der Waals surface area contributed by atoms with Crippen molar-refractivity contribution >= 4 is 27.5 Å². The number of hydrogen-bond donors (Lipinski definition) is 1. The van der Waals surface area contributed by atoms with Gasteiger partial charge in [0.1, 0.15) is 6.42 Å². The number of aromatic nitrogens is 3. The molecule has 90 valence electrons. The molecule has 0 aliphatic rings. The van der Waals surface area contributed by atoms with Gasteiger partial charge in [-0.15, -0.1) is 11.3 Å². The summed E-state index contributed by atoms with van der Waals surface area (Å²) in [6.07, 6.45) is 1.37. The number of fused-ring (bicyclic) bond motifs is 1. The average Bonchev–Trinajstić information content (AvgIpc) is 2.95. The standard InChI is InChI=1S/C11H7N3O3S/c15-10(16)4-9-13-11(14-17-9)6-3-8-7(12-5-6)1-2-18-8/h1-3,5H,4H2,(H,15,16). The molecule has 6 nitrogen and oxygen atoms in total. The van der Waals surface area contributed by atoms with Crippen LogP contribution in [0.4, 0.5) is 0 Å². The highest BCUT2D eigenvalue weighted by Gasteiger charge is 2.12. The quantitative estimate of drug-likeness (QED) is 0.775. The summed E-state index contributed by atoms with van der Waals surface area (Å²) >= 11 is 1.57. The molecule has 3 rings (SSSR count). The summed E-state index contributed by atoms with van der Waals surface area (Å²) in [6, 6.07) is 3.83. The highest BCUT2D eigenvalue weighted by molar-refractivity contribution is 7.17. The summed E-state index contributed by atoms with van der Waals surface area (Å²) in [5.41, 5.74) is 1.63. The van der Waals surface area contributed by atoms with Crippen molar-refractivity contribution < 1.29 is 14.4 Å². The molecule has 3 heterocycles. The van der Waals surface area contributed by atoms with Crippen molar-refractivity contribution in [3.8, 4) is 11.4 Å². The summed E-state index contributed by atoms with van der Waals surface area (Å²) < 4.78 is 5.88. The number of carbonyl (C=O) groups is 1. The molecule has 1 N–H and O–H groups in total. The molecule has 0 unspecified atom stereocenters. The van der Waals surface area contributed by atoms with E-state index < -0.39 is 5.97 Å². The molecule has 0 saturated heterocycles. The summed E-state index contributed by atoms with van der Waals surface area (Å²) in [7, 11) is 0. The van der Waals surface area contributed by atoms with Crippen LogP contribution in [0.1, 0.15) is 5.89 Å². The van der Waals surface area contributed by atoms with E-state index >= 15 is 0 Å². The van der Waals surface area contributed by atoms with Gasteiger partial charge in [-0.2, -0.15) is 4.98 Å². The predicted molar refractivity (Wildman–Crippen MR) is 64.3 cm³/mol. The maximum Gasteiger partial charge on any atom is 0.312 e. The van der Waals surface area contributed by atoms with Crippen LogP contribution in [0.15, 0.2) is 28.2 Å². The van der Waals surface area contributed by atoms with E-state index in [1.165, 1.54) is 0 Å². The van der Waals surface area contributed by atoms with Gasteiger partial charge in [-0.3, -0.25) is 9.78 Å². The number of thiophene rings is 1. The van der Waals surface area contributed by atoms with Gasteiger partial charge in [-0.1, -0.05) is 5.16 Å². The van der Waals surface area contributed by atoms with Gasteiger partial charge in [0.2, 0.25) is 11.7 Å². The molecule has 0 atom stereocenters. The minimum atomic E-state index is -1.00. The lowest BCUT2D eigenvalue weighted by Gasteiger charge is -1.93. The predicted octanol–water partition coefficient (Wildman–Crippen LogP) is 1.97. The minimum absolute atomic E-state index is 0.0868. The fourth-order valence-electron chi connectivity index (χ4n) is 1.54. The second-order valence-electron chi connectivity index (χ2n) is 3.61. The van der Waals surface area contributed by atoms with Crippen molar-refractivity contribution in [1.29, 1.82) is 0 Å². The summed E-state index contributed by atoms with van der Waals surface area (Å²) in [6.45, 7) is 0. The number of nitrogens with zero attached hydrogens (tertiary/aromatic N) is 3. The van der Waals surface area contributed by atoms with Crippen LogP contribution < -0.4 is 0 Å². The van der Waals surface area contributed by atoms with E-state index in [9.17, 15) is 4.79 Å². The molecule has 0 saturated carbocycles. The number of rotatable bonds is 3. The summed E-state index contributed by atoms with van der Waals surface area (Å²) in [5, 5.41) is 14.3. The Kier molecular flexibility index (Phi) is 2.52. The van der Waals surface area contributed by atoms with Gasteiger partial charge in [0, 0.05) is 11.8 Å². The largest absolute Gasteiger partial charge is 0.481 e. The highest BCUT2D eigenvalue weighted by Crippen LogP contribution is 2.24. The smallest absolute Gasteiger partial charge is 0.312 e. The molecule has 0 bridgehead atoms. The number of aliphatic carboxylic acids is 1. The SMILES string of the molecule is O=C(O)Cc1nc(-c2cnc3ccsc3c2)no1. The first-order valence-electron chi connectivity index (χ1n) is 5.10. The van der Waals surface area contributed by atoms with Crippen molar-refractivity contribution in [1.82, 2.24) is 15.1 Å². The van der Waals surface area contributed by atoms with E-state index in [1.54, 1.807) is 17.5 Å². The van der Waals surface area contributed by atoms with Crippen LogP contribution in [0.25, 0.3) is 21.6 Å². The van der Waals surface area contributed by atoms with E-state index in [1.807, 2.05) is 17.5 Å². The van der Waals surface area contributed by atoms with Gasteiger partial charge in [-0.25, -0.2) is 0 Å². The molecular weight excluding hydrogens is 254 g/mol. The van der Waals surface area contributed by atoms with Gasteiger partial charge in [-0.05, 0) is 17.5 Å². The molecule has 0 spiro atoms. The van der Waals surface area contributed by atoms with Crippen LogP contribution >= 0.6 is 11.3 Å². The maximum absolute atomic E-state index is 10.5. The molecule has 0 aliphatic carbocycles. The molecule has 0 fully saturated rings. The molecule has 0 radical (unpaired) electrons. The molecule has 0 aliphatic heterocycles. The summed E-state index contributed by atoms with van der Waals surface area (Å²) in [4.78, 5) is 18.8. The zero-order valence-electron chi connectivity index (χ0n) is 9.03. The Labute approximate surface area is 105 Å². The van der Waals surface area contributed by atoms with Crippen LogP contribution in [0, 0.1) is 0 Å². The van der Waals surface area contributed by atoms with Gasteiger partial charge >= 0.3 is 5.97 Å². The molecule has 3 aromatic rings. The van der Waals surface area contributed by atoms with E-state index in [4.69, 9.17) is 9.63 Å². The van der Waals surface area contributed by atoms with Crippen LogP contribution in [0.5, 0.6) is 0 Å². The zero-order chi connectivity index (χ0) is 12.5. The first-order chi connectivity index (χ1) is 8.72. The Morgan fingerprint density at radius 1 is 1.50 bits per heavy atom. The lowest BCUT2D eigenvalue weighted by atomic mass is 10.2. The minimum Gasteiger partial charge on any atom is -0.481 e. The fourth-order valence-corrected chi connectivity index (χ4v) is 2.32. The van der Waals surface area contributed by atoms with Crippen LogP contribution in [-0.4, -0.2) is 26.2 Å². The molecule has 3 aromatic heterocycles. The Morgan fingerprint density at radius 3 is 3.22 bits per heavy atom. The Hall–Kier alpha value is -2.28. The normalized spacial score (nSPS) is 10.9. The first kappa shape index (κ1) is 10.8. The topological polar surface area (TPSA) is 89.1 Å². The van der Waals surface area contributed by atoms with Crippen molar-refractivity contribution in [3.63, 3.8) is 0 Å². The van der Waals surface area contributed by atoms with Gasteiger partial charge in [0.05, 0.1) is 10.2 Å². The molecule has 0 aromatic carbocycles. The van der Waals surface area contributed by atoms with E-state index in [-0.39, 0.29) is 12.3 Å². The third-order valence-corrected chi connectivity index (χ3v) is 3.18. The lowest BCUT2D eigenvalue weighted by molar-refractivity contribution is -0.136. The van der Waals surface area contributed by atoms with Gasteiger partial charge in [0.15, 0.2) is 0 Å². The fraction of sp³-hybridized carbons (Fsp3) is 0.0909. The molecule has 18 heavy (non-hydrogen) atoms. The van der Waals surface area contributed by atoms with Crippen molar-refractivity contribution in [3.05, 3.63) is 29.6 Å². The van der Waals surface area contributed by atoms with E-state index in [0.29, 0.717) is 11.4 Å². The molecule has 0 amide bonds. The third kappa shape index (κ3) is 1.95. The molecule has 7 heteroatoms. The second kappa shape index (κ2) is 4.19. The Morgan fingerprint density at radius 2 is 2.39 bits per heavy atom. The maximum atomic E-state index is 10.5. The van der Waals surface area contributed by atoms with Gasteiger partial charge in [0.25, 0.3) is 0 Å². The average molecular weight is 261 g/mol. The van der Waals surface area contributed by atoms with E-state index in [2.05, 4.69) is 15.1 Å². The van der Waals surface area contributed by atoms with Crippen molar-refractivity contribution in [2.45, 2.75) is 6.42 Å². The number of carboxylic acid groups (broad SMARTS) is 1. The van der Waals surface area contributed by atoms with Gasteiger partial charge < -0.3 is 9.63 Å². The monoisotopic (exact) mass is 261 g/mol. The van der Waals surface area contributed by atoms with Crippen molar-refractivity contribution in [2.75, 3.05) is 0 Å². The van der Waals surface area contributed by atoms with Crippen LogP contribution in [0.2, 0.25) is 0 Å². The second-order valence-corrected chi connectivity index (χ2v) is 4.56. The van der Waals surface area contributed by atoms with Crippen LogP contribution in [0.3, 0.4) is 0 Å². The van der Waals surface area contributed by atoms with E-state index in [0.717, 1.165) is 10.2 Å². The van der Waals surface area contributed by atoms with Crippen LogP contribution in [-0.2, 0) is 11.2 Å². The number of carboxylic acids is 1. The third-order valence-electron chi connectivity index (χ3n) is 2.33. The summed E-state index contributed by atoms with van der Waals surface area (Å²) in [5.74, 6) is -0.560. The zero-order valence-corrected chi connectivity index (χ0v) is 9.85. The highest BCUT2D eigenvalue weighted by atomic mass is 32.1. The Bertz CT molecular complexity index is 719. The Balaban J connectivity index is 1.97. The number of hydrogen-bond acceptors (Lipinski definition) is 6. The lowest BCUT2D eigenvalue weighted by Crippen LogP contribution is -1.99. The number of pyridine rings is 1. The van der Waals surface area contributed by atoms with Crippen molar-refractivity contribution in [2.24, 2.45) is 0 Å².